The first-order valence-corrected chi connectivity index (χ1v) is 53.3. The quantitative estimate of drug-likeness (QED) is 0.0587. The van der Waals surface area contributed by atoms with Gasteiger partial charge in [0.2, 0.25) is 0 Å². The van der Waals surface area contributed by atoms with Crippen LogP contribution in [-0.4, -0.2) is 19.1 Å². The summed E-state index contributed by atoms with van der Waals surface area (Å²) in [5.74, 6) is 5.57. The average molecular weight is 2340 g/mol. The van der Waals surface area contributed by atoms with Crippen LogP contribution in [-0.2, 0) is 74.6 Å². The number of rotatable bonds is 23. The van der Waals surface area contributed by atoms with E-state index in [1.54, 1.807) is 0 Å². The van der Waals surface area contributed by atoms with Crippen molar-refractivity contribution in [2.24, 2.45) is 10.8 Å². The van der Waals surface area contributed by atoms with Gasteiger partial charge in [-0.1, -0.05) is 407 Å². The molecule has 10 nitrogen and oxygen atoms in total. The second kappa shape index (κ2) is 42.6. The van der Waals surface area contributed by atoms with E-state index in [2.05, 4.69) is 572 Å². The van der Waals surface area contributed by atoms with E-state index in [1.807, 2.05) is 12.4 Å². The van der Waals surface area contributed by atoms with Gasteiger partial charge in [-0.3, -0.25) is 0 Å². The van der Waals surface area contributed by atoms with Crippen molar-refractivity contribution in [2.45, 2.75) is 277 Å². The molecule has 2 aliphatic heterocycles. The summed E-state index contributed by atoms with van der Waals surface area (Å²) < 4.78 is 18.9. The van der Waals surface area contributed by atoms with Gasteiger partial charge >= 0.3 is 0 Å². The van der Waals surface area contributed by atoms with Gasteiger partial charge in [-0.05, 0) is 213 Å². The van der Waals surface area contributed by atoms with E-state index >= 15 is 0 Å². The number of allylic oxidation sites excluding steroid dienone is 2. The van der Waals surface area contributed by atoms with Crippen LogP contribution in [0.15, 0.2) is 315 Å². The number of anilines is 4. The molecule has 0 aliphatic carbocycles. The Morgan fingerprint density at radius 3 is 1.09 bits per heavy atom. The van der Waals surface area contributed by atoms with Crippen molar-refractivity contribution >= 4 is 66.4 Å². The fraction of sp³-hybridized carbons (Fsp3) is 0.319. The van der Waals surface area contributed by atoms with Crippen LogP contribution < -0.4 is 29.1 Å². The van der Waals surface area contributed by atoms with Gasteiger partial charge in [0, 0.05) is 138 Å². The third kappa shape index (κ3) is 22.1. The molecule has 4 aromatic heterocycles. The Bertz CT molecular complexity index is 7760. The van der Waals surface area contributed by atoms with Crippen LogP contribution in [0.3, 0.4) is 0 Å². The summed E-state index contributed by atoms with van der Waals surface area (Å²) in [5, 5.41) is 4.61. The maximum atomic E-state index is 7.31. The maximum Gasteiger partial charge on any atom is 0.135 e. The van der Waals surface area contributed by atoms with E-state index in [4.69, 9.17) is 19.4 Å². The van der Waals surface area contributed by atoms with Crippen molar-refractivity contribution in [3.8, 4) is 56.9 Å². The van der Waals surface area contributed by atoms with Crippen molar-refractivity contribution in [3.05, 3.63) is 431 Å². The van der Waals surface area contributed by atoms with Crippen LogP contribution in [0.2, 0.25) is 0 Å². The molecule has 0 spiro atoms. The average Bonchev–Trinajstić information content (AvgIpc) is 1.57. The van der Waals surface area contributed by atoms with Crippen molar-refractivity contribution in [3.63, 3.8) is 0 Å². The number of hydrogen-bond donors (Lipinski definition) is 0. The summed E-state index contributed by atoms with van der Waals surface area (Å²) in [6, 6.07) is 117. The molecular weight excluding hydrogens is 2190 g/mol. The summed E-state index contributed by atoms with van der Waals surface area (Å²) in [4.78, 5) is 19.3. The standard InChI is InChI=1S/C73H79N4O.C65H71N4O.2Pt/c1-47(2)60-31-25-32-61(48(3)4)68(60)50-36-57(42-58(37-50)78-59-43-63(49(5)6)69-62-30-23-24-33-64(62)77(65(69)44-59)67-41-53(34-35-74-67)70(7,8)9)76-46-75(45-66(76)71(10,11)12)56-39-54(72(13,14)51-26-19-17-20-27-51)38-55(40-56)73(15,16)52-28-21-18-22-29-52;1-42(2)53-25-20-26-54(43(3)4)61(53)44-33-50(68-41-67(40-59(68)64(11,12)13)49-24-19-23-48(35-49)65(14,15)45-21-17-16-18-22-45)38-52(34-44)70-51-28-29-55-56-36-46(62(5,6)7)27-30-57(56)69(58(55)39-51)60-37-47(31-32-66-60)63(8,9)10;;/h17-41,43,45-49H,1-16H3;16-37,40-43H,1-15H3;;/q2*-3;;. The molecule has 780 valence electrons. The molecule has 0 saturated carbocycles. The molecule has 0 unspecified atom stereocenters. The molecule has 0 amide bonds. The minimum atomic E-state index is -0.280. The molecule has 12 heteroatoms. The molecular formula is C138H150N8O2Pt2-6. The van der Waals surface area contributed by atoms with Crippen molar-refractivity contribution in [1.82, 2.24) is 19.1 Å². The maximum absolute atomic E-state index is 7.31. The van der Waals surface area contributed by atoms with Gasteiger partial charge in [-0.15, -0.1) is 107 Å². The number of nitrogens with zero attached hydrogens (tertiary/aromatic N) is 8. The van der Waals surface area contributed by atoms with Crippen molar-refractivity contribution in [1.29, 1.82) is 0 Å². The first-order chi connectivity index (χ1) is 69.9. The number of aromatic nitrogens is 4. The van der Waals surface area contributed by atoms with E-state index < -0.39 is 0 Å². The minimum Gasteiger partial charge on any atom is -0.509 e. The number of ether oxygens (including phenoxy) is 2. The smallest absolute Gasteiger partial charge is 0.135 e. The zero-order chi connectivity index (χ0) is 106. The normalized spacial score (nSPS) is 13.6. The van der Waals surface area contributed by atoms with Crippen LogP contribution >= 0.6 is 0 Å². The Kier molecular flexibility index (Phi) is 31.2. The third-order valence-corrected chi connectivity index (χ3v) is 30.5. The summed E-state index contributed by atoms with van der Waals surface area (Å²) >= 11 is 0. The molecule has 17 aromatic rings. The molecule has 0 bridgehead atoms. The molecule has 2 aliphatic rings. The van der Waals surface area contributed by atoms with E-state index in [9.17, 15) is 0 Å². The van der Waals surface area contributed by atoms with Gasteiger partial charge in [0.1, 0.15) is 11.6 Å². The number of pyridine rings is 2. The Balaban J connectivity index is 0.000000212. The second-order valence-corrected chi connectivity index (χ2v) is 49.3. The first-order valence-electron chi connectivity index (χ1n) is 53.3. The van der Waals surface area contributed by atoms with Crippen LogP contribution in [0.25, 0.3) is 77.5 Å². The van der Waals surface area contributed by atoms with Gasteiger partial charge in [-0.2, -0.15) is 6.07 Å². The number of para-hydroxylation sites is 1. The molecule has 19 rings (SSSR count). The van der Waals surface area contributed by atoms with E-state index in [0.717, 1.165) is 84.4 Å². The summed E-state index contributed by atoms with van der Waals surface area (Å²) in [7, 11) is 0. The van der Waals surface area contributed by atoms with Crippen LogP contribution in [0, 0.1) is 48.4 Å². The molecule has 0 saturated heterocycles. The molecule has 150 heavy (non-hydrogen) atoms. The summed E-state index contributed by atoms with van der Waals surface area (Å²) in [6.45, 7) is 75.4. The van der Waals surface area contributed by atoms with Crippen molar-refractivity contribution < 1.29 is 51.6 Å². The monoisotopic (exact) mass is 2340 g/mol. The van der Waals surface area contributed by atoms with Gasteiger partial charge < -0.3 is 38.2 Å². The molecule has 6 heterocycles. The molecule has 0 N–H and O–H groups in total. The van der Waals surface area contributed by atoms with E-state index in [-0.39, 0.29) is 103 Å². The third-order valence-electron chi connectivity index (χ3n) is 30.5. The number of fused-ring (bicyclic) bond motifs is 6. The Morgan fingerprint density at radius 1 is 0.273 bits per heavy atom. The molecule has 0 radical (unpaired) electrons. The largest absolute Gasteiger partial charge is 0.509 e. The number of benzene rings is 13. The fourth-order valence-corrected chi connectivity index (χ4v) is 21.4. The SMILES string of the molecule is CC(C)c1cccc(C(C)C)c1-c1cc(Oc2[c-]c3c(c(C(C)C)c2)c2ccccc2n3-c2cc(C(C)(C)C)ccn2)[c-]c(N2[CH-]N(c3cc(C(C)(C)c4ccccc4)cc(C(C)(C)c4ccccc4)c3)C=C2C(C)(C)C)c1.CC(C)c1cccc(C(C)C)c1-c1cc(Oc2[c-]c3c(cc2)c2cc(C(C)(C)C)ccc2n3-c2cc(C(C)(C)C)ccn2)[c-]c(N2[CH-]N(c3cccc(C(C)(C)c4ccccc4)c3)C=C2C(C)(C)C)c1.[Pt].[Pt]. The molecule has 0 atom stereocenters. The minimum absolute atomic E-state index is 0. The fourth-order valence-electron chi connectivity index (χ4n) is 21.4. The van der Waals surface area contributed by atoms with Crippen LogP contribution in [0.4, 0.5) is 22.7 Å². The Morgan fingerprint density at radius 2 is 0.647 bits per heavy atom. The van der Waals surface area contributed by atoms with Gasteiger partial charge in [0.05, 0.1) is 0 Å². The zero-order valence-corrected chi connectivity index (χ0v) is 98.5. The first kappa shape index (κ1) is 110. The molecule has 0 fully saturated rings. The summed E-state index contributed by atoms with van der Waals surface area (Å²) in [5.41, 5.74) is 31.4. The van der Waals surface area contributed by atoms with Crippen molar-refractivity contribution in [2.75, 3.05) is 19.6 Å². The Hall–Kier alpha value is -12.6. The molecule has 13 aromatic carbocycles. The van der Waals surface area contributed by atoms with E-state index in [0.29, 0.717) is 34.8 Å². The predicted molar refractivity (Wildman–Crippen MR) is 625 cm³/mol. The predicted octanol–water partition coefficient (Wildman–Crippen LogP) is 37.6. The van der Waals surface area contributed by atoms with Gasteiger partial charge in [0.25, 0.3) is 0 Å². The van der Waals surface area contributed by atoms with Gasteiger partial charge in [-0.25, -0.2) is 9.97 Å². The zero-order valence-electron chi connectivity index (χ0n) is 93.9. The van der Waals surface area contributed by atoms with Crippen LogP contribution in [0.1, 0.15) is 322 Å². The number of hydrogen-bond acceptors (Lipinski definition) is 8. The topological polar surface area (TPSA) is 67.1 Å². The van der Waals surface area contributed by atoms with Gasteiger partial charge in [0.15, 0.2) is 0 Å². The Labute approximate surface area is 924 Å². The second-order valence-electron chi connectivity index (χ2n) is 49.3. The van der Waals surface area contributed by atoms with Crippen LogP contribution in [0.5, 0.6) is 23.0 Å². The van der Waals surface area contributed by atoms with E-state index in [1.165, 1.54) is 105 Å². The summed E-state index contributed by atoms with van der Waals surface area (Å²) in [6.07, 6.45) is 8.48.